The first-order valence-electron chi connectivity index (χ1n) is 12.1. The molecule has 0 bridgehead atoms. The van der Waals surface area contributed by atoms with Crippen molar-refractivity contribution in [1.29, 1.82) is 0 Å². The summed E-state index contributed by atoms with van der Waals surface area (Å²) in [5.41, 5.74) is 3.22. The van der Waals surface area contributed by atoms with Crippen molar-refractivity contribution in [3.05, 3.63) is 77.4 Å². The second kappa shape index (κ2) is 10.5. The van der Waals surface area contributed by atoms with E-state index in [1.165, 1.54) is 4.31 Å². The highest BCUT2D eigenvalue weighted by molar-refractivity contribution is 7.89. The van der Waals surface area contributed by atoms with Crippen LogP contribution in [-0.4, -0.2) is 58.2 Å². The van der Waals surface area contributed by atoms with Crippen LogP contribution in [0.5, 0.6) is 11.5 Å². The Bertz CT molecular complexity index is 1320. The molecule has 1 unspecified atom stereocenters. The summed E-state index contributed by atoms with van der Waals surface area (Å²) in [6, 6.07) is 18.9. The van der Waals surface area contributed by atoms with Crippen LogP contribution in [0, 0.1) is 0 Å². The van der Waals surface area contributed by atoms with Crippen LogP contribution in [0.4, 0.5) is 5.82 Å². The zero-order valence-electron chi connectivity index (χ0n) is 20.6. The van der Waals surface area contributed by atoms with Crippen LogP contribution in [0.3, 0.4) is 0 Å². The lowest BCUT2D eigenvalue weighted by atomic mass is 9.97. The Labute approximate surface area is 212 Å². The molecule has 1 saturated heterocycles. The molecule has 2 aromatic carbocycles. The van der Waals surface area contributed by atoms with E-state index in [0.29, 0.717) is 45.0 Å². The fraction of sp³-hybridized carbons (Fsp3) is 0.370. The van der Waals surface area contributed by atoms with Crippen LogP contribution in [0.25, 0.3) is 0 Å². The van der Waals surface area contributed by atoms with Crippen LogP contribution < -0.4 is 14.4 Å². The molecule has 0 spiro atoms. The van der Waals surface area contributed by atoms with E-state index in [4.69, 9.17) is 14.2 Å². The van der Waals surface area contributed by atoms with E-state index >= 15 is 0 Å². The number of pyridine rings is 1. The van der Waals surface area contributed by atoms with E-state index < -0.39 is 10.0 Å². The summed E-state index contributed by atoms with van der Waals surface area (Å²) in [7, 11) is -0.446. The van der Waals surface area contributed by atoms with Crippen molar-refractivity contribution in [1.82, 2.24) is 9.29 Å². The predicted molar refractivity (Wildman–Crippen MR) is 137 cm³/mol. The number of benzene rings is 2. The fourth-order valence-electron chi connectivity index (χ4n) is 4.97. The highest BCUT2D eigenvalue weighted by Gasteiger charge is 2.31. The summed E-state index contributed by atoms with van der Waals surface area (Å²) in [6.45, 7) is 2.27. The minimum absolute atomic E-state index is 0.0570. The third kappa shape index (κ3) is 4.78. The number of hydrogen-bond donors (Lipinski definition) is 0. The Hall–Kier alpha value is -3.14. The summed E-state index contributed by atoms with van der Waals surface area (Å²) in [6.07, 6.45) is 1.22. The molecule has 0 radical (unpaired) electrons. The van der Waals surface area contributed by atoms with E-state index in [2.05, 4.69) is 9.88 Å². The summed E-state index contributed by atoms with van der Waals surface area (Å²) >= 11 is 0. The van der Waals surface area contributed by atoms with Gasteiger partial charge in [-0.2, -0.15) is 4.31 Å². The molecule has 1 atom stereocenters. The number of nitrogens with zero attached hydrogens (tertiary/aromatic N) is 3. The van der Waals surface area contributed by atoms with Crippen molar-refractivity contribution in [2.24, 2.45) is 0 Å². The van der Waals surface area contributed by atoms with Gasteiger partial charge in [0.2, 0.25) is 0 Å². The van der Waals surface area contributed by atoms with Crippen molar-refractivity contribution in [2.75, 3.05) is 45.4 Å². The average Bonchev–Trinajstić information content (AvgIpc) is 3.20. The number of hydrogen-bond acceptors (Lipinski definition) is 7. The topological polar surface area (TPSA) is 81.2 Å². The molecular formula is C27H31N3O5S. The maximum atomic E-state index is 13.6. The zero-order valence-corrected chi connectivity index (χ0v) is 21.4. The highest BCUT2D eigenvalue weighted by Crippen LogP contribution is 2.36. The molecule has 1 fully saturated rings. The van der Waals surface area contributed by atoms with E-state index in [1.807, 2.05) is 48.5 Å². The second-order valence-electron chi connectivity index (χ2n) is 8.90. The number of methoxy groups -OCH3 is 2. The zero-order chi connectivity index (χ0) is 25.1. The lowest BCUT2D eigenvalue weighted by Crippen LogP contribution is -2.35. The molecule has 9 heteroatoms. The van der Waals surface area contributed by atoms with Crippen LogP contribution in [-0.2, 0) is 27.7 Å². The average molecular weight is 510 g/mol. The van der Waals surface area contributed by atoms with Gasteiger partial charge in [0.1, 0.15) is 17.3 Å². The minimum atomic E-state index is -3.77. The maximum Gasteiger partial charge on any atom is 0.260 e. The Morgan fingerprint density at radius 2 is 1.64 bits per heavy atom. The molecule has 3 heterocycles. The fourth-order valence-corrected chi connectivity index (χ4v) is 6.36. The van der Waals surface area contributed by atoms with Crippen LogP contribution in [0.15, 0.2) is 65.7 Å². The Kier molecular flexibility index (Phi) is 7.13. The van der Waals surface area contributed by atoms with Gasteiger partial charge in [-0.05, 0) is 42.7 Å². The van der Waals surface area contributed by atoms with E-state index in [1.54, 1.807) is 26.4 Å². The lowest BCUT2D eigenvalue weighted by Gasteiger charge is -2.32. The van der Waals surface area contributed by atoms with Crippen molar-refractivity contribution < 1.29 is 22.6 Å². The van der Waals surface area contributed by atoms with Crippen molar-refractivity contribution in [3.8, 4) is 11.5 Å². The van der Waals surface area contributed by atoms with Crippen LogP contribution >= 0.6 is 0 Å². The molecule has 2 aliphatic heterocycles. The molecule has 0 aliphatic carbocycles. The molecule has 1 aromatic heterocycles. The Morgan fingerprint density at radius 3 is 2.39 bits per heavy atom. The molecule has 2 aliphatic rings. The van der Waals surface area contributed by atoms with Gasteiger partial charge in [0.05, 0.1) is 26.9 Å². The molecule has 190 valence electrons. The first-order chi connectivity index (χ1) is 17.5. The lowest BCUT2D eigenvalue weighted by molar-refractivity contribution is 0.0633. The standard InChI is InChI=1S/C27H31N3O5S/c1-33-24-11-12-25(34-2)22-19-29(15-13-21(22)24)26-9-6-10-27(28-26)36(31,32)30-16-14-23(35-18-17-30)20-7-4-3-5-8-20/h3-12,23H,13-19H2,1-2H3. The summed E-state index contributed by atoms with van der Waals surface area (Å²) in [4.78, 5) is 6.69. The van der Waals surface area contributed by atoms with Gasteiger partial charge in [-0.3, -0.25) is 0 Å². The number of anilines is 1. The number of ether oxygens (including phenoxy) is 3. The second-order valence-corrected chi connectivity index (χ2v) is 10.8. The number of fused-ring (bicyclic) bond motifs is 1. The molecule has 5 rings (SSSR count). The minimum Gasteiger partial charge on any atom is -0.496 e. The Morgan fingerprint density at radius 1 is 0.889 bits per heavy atom. The largest absolute Gasteiger partial charge is 0.496 e. The normalized spacial score (nSPS) is 18.8. The number of aromatic nitrogens is 1. The molecule has 8 nitrogen and oxygen atoms in total. The van der Waals surface area contributed by atoms with Gasteiger partial charge in [-0.1, -0.05) is 36.4 Å². The van der Waals surface area contributed by atoms with Gasteiger partial charge in [-0.15, -0.1) is 0 Å². The van der Waals surface area contributed by atoms with Gasteiger partial charge in [0.15, 0.2) is 5.03 Å². The van der Waals surface area contributed by atoms with Crippen molar-refractivity contribution in [3.63, 3.8) is 0 Å². The van der Waals surface area contributed by atoms with Crippen molar-refractivity contribution in [2.45, 2.75) is 30.5 Å². The van der Waals surface area contributed by atoms with Crippen LogP contribution in [0.2, 0.25) is 0 Å². The molecular weight excluding hydrogens is 478 g/mol. The predicted octanol–water partition coefficient (Wildman–Crippen LogP) is 3.81. The molecule has 0 amide bonds. The van der Waals surface area contributed by atoms with Gasteiger partial charge in [0, 0.05) is 37.3 Å². The SMILES string of the molecule is COc1ccc(OC)c2c1CCN(c1cccc(S(=O)(=O)N3CCOC(c4ccccc4)CC3)n1)C2. The van der Waals surface area contributed by atoms with Gasteiger partial charge >= 0.3 is 0 Å². The summed E-state index contributed by atoms with van der Waals surface area (Å²) in [5.74, 6) is 2.25. The molecule has 0 saturated carbocycles. The molecule has 36 heavy (non-hydrogen) atoms. The van der Waals surface area contributed by atoms with E-state index in [0.717, 1.165) is 34.6 Å². The monoisotopic (exact) mass is 509 g/mol. The third-order valence-corrected chi connectivity index (χ3v) is 8.68. The summed E-state index contributed by atoms with van der Waals surface area (Å²) < 4.78 is 45.7. The van der Waals surface area contributed by atoms with Gasteiger partial charge in [0.25, 0.3) is 10.0 Å². The van der Waals surface area contributed by atoms with E-state index in [-0.39, 0.29) is 11.1 Å². The first-order valence-corrected chi connectivity index (χ1v) is 13.6. The molecule has 0 N–H and O–H groups in total. The molecule has 3 aromatic rings. The smallest absolute Gasteiger partial charge is 0.260 e. The summed E-state index contributed by atoms with van der Waals surface area (Å²) in [5, 5.41) is 0.0570. The number of rotatable bonds is 6. The maximum absolute atomic E-state index is 13.6. The highest BCUT2D eigenvalue weighted by atomic mass is 32.2. The first kappa shape index (κ1) is 24.5. The third-order valence-electron chi connectivity index (χ3n) is 6.87. The number of sulfonamides is 1. The van der Waals surface area contributed by atoms with E-state index in [9.17, 15) is 8.42 Å². The van der Waals surface area contributed by atoms with Gasteiger partial charge in [-0.25, -0.2) is 13.4 Å². The quantitative estimate of drug-likeness (QED) is 0.500. The Balaban J connectivity index is 1.36. The van der Waals surface area contributed by atoms with Crippen molar-refractivity contribution >= 4 is 15.8 Å². The van der Waals surface area contributed by atoms with Crippen LogP contribution in [0.1, 0.15) is 29.2 Å². The van der Waals surface area contributed by atoms with Gasteiger partial charge < -0.3 is 19.1 Å².